The highest BCUT2D eigenvalue weighted by Gasteiger charge is 2.24. The van der Waals surface area contributed by atoms with Crippen LogP contribution < -0.4 is 14.8 Å². The Bertz CT molecular complexity index is 1290. The van der Waals surface area contributed by atoms with Crippen molar-refractivity contribution >= 4 is 46.8 Å². The number of benzene rings is 2. The summed E-state index contributed by atoms with van der Waals surface area (Å²) >= 11 is 1.29. The number of amides is 1. The molecule has 34 heavy (non-hydrogen) atoms. The van der Waals surface area contributed by atoms with Crippen LogP contribution in [0.3, 0.4) is 0 Å². The number of hydrogen-bond acceptors (Lipinski definition) is 8. The summed E-state index contributed by atoms with van der Waals surface area (Å²) < 4.78 is 16.4. The van der Waals surface area contributed by atoms with Crippen LogP contribution in [0.5, 0.6) is 11.5 Å². The SMILES string of the molecule is CCOc1cc(/C=C2\N=C(c3ccc(NC(C)=O)cc3)OC2=O)ccc1OC(=O)c1cccs1. The number of ether oxygens (including phenoxy) is 3. The first-order valence-corrected chi connectivity index (χ1v) is 11.2. The van der Waals surface area contributed by atoms with Crippen molar-refractivity contribution in [3.63, 3.8) is 0 Å². The molecule has 0 aliphatic carbocycles. The Labute approximate surface area is 199 Å². The van der Waals surface area contributed by atoms with Gasteiger partial charge in [0.25, 0.3) is 0 Å². The fraction of sp³-hybridized carbons (Fsp3) is 0.120. The molecular weight excluding hydrogens is 456 g/mol. The minimum absolute atomic E-state index is 0.117. The molecule has 9 heteroatoms. The van der Waals surface area contributed by atoms with Gasteiger partial charge in [-0.2, -0.15) is 0 Å². The van der Waals surface area contributed by atoms with E-state index in [4.69, 9.17) is 14.2 Å². The van der Waals surface area contributed by atoms with E-state index in [2.05, 4.69) is 10.3 Å². The molecule has 4 rings (SSSR count). The van der Waals surface area contributed by atoms with Gasteiger partial charge in [-0.25, -0.2) is 14.6 Å². The van der Waals surface area contributed by atoms with Gasteiger partial charge in [-0.1, -0.05) is 12.1 Å². The number of aliphatic imine (C=N–C) groups is 1. The first-order valence-electron chi connectivity index (χ1n) is 10.4. The molecule has 2 heterocycles. The van der Waals surface area contributed by atoms with Crippen LogP contribution in [0.4, 0.5) is 5.69 Å². The monoisotopic (exact) mass is 476 g/mol. The molecule has 1 aliphatic rings. The van der Waals surface area contributed by atoms with Crippen molar-refractivity contribution < 1.29 is 28.6 Å². The molecule has 8 nitrogen and oxygen atoms in total. The second-order valence-corrected chi connectivity index (χ2v) is 8.05. The smallest absolute Gasteiger partial charge is 0.363 e. The van der Waals surface area contributed by atoms with Crippen molar-refractivity contribution in [1.82, 2.24) is 0 Å². The van der Waals surface area contributed by atoms with Crippen molar-refractivity contribution in [3.8, 4) is 11.5 Å². The molecule has 0 fully saturated rings. The van der Waals surface area contributed by atoms with Crippen LogP contribution in [0, 0.1) is 0 Å². The van der Waals surface area contributed by atoms with Gasteiger partial charge in [-0.05, 0) is 66.4 Å². The second-order valence-electron chi connectivity index (χ2n) is 7.10. The molecule has 1 aliphatic heterocycles. The minimum atomic E-state index is -0.591. The minimum Gasteiger partial charge on any atom is -0.490 e. The van der Waals surface area contributed by atoms with Gasteiger partial charge < -0.3 is 19.5 Å². The number of anilines is 1. The normalized spacial score (nSPS) is 13.9. The van der Waals surface area contributed by atoms with Crippen LogP contribution >= 0.6 is 11.3 Å². The number of esters is 2. The third-order valence-corrected chi connectivity index (χ3v) is 5.42. The number of carbonyl (C=O) groups is 3. The number of rotatable bonds is 7. The van der Waals surface area contributed by atoms with E-state index < -0.39 is 11.9 Å². The zero-order chi connectivity index (χ0) is 24.1. The first-order chi connectivity index (χ1) is 16.4. The molecule has 1 N–H and O–H groups in total. The summed E-state index contributed by atoms with van der Waals surface area (Å²) in [5, 5.41) is 4.47. The highest BCUT2D eigenvalue weighted by atomic mass is 32.1. The van der Waals surface area contributed by atoms with Crippen LogP contribution in [0.2, 0.25) is 0 Å². The summed E-state index contributed by atoms with van der Waals surface area (Å²) in [5.74, 6) is -0.434. The summed E-state index contributed by atoms with van der Waals surface area (Å²) in [6.07, 6.45) is 1.56. The van der Waals surface area contributed by atoms with Crippen molar-refractivity contribution in [2.75, 3.05) is 11.9 Å². The van der Waals surface area contributed by atoms with Gasteiger partial charge in [0.1, 0.15) is 4.88 Å². The molecule has 3 aromatic rings. The largest absolute Gasteiger partial charge is 0.490 e. The van der Waals surface area contributed by atoms with Crippen molar-refractivity contribution in [2.24, 2.45) is 4.99 Å². The Balaban J connectivity index is 1.55. The predicted molar refractivity (Wildman–Crippen MR) is 128 cm³/mol. The van der Waals surface area contributed by atoms with Gasteiger partial charge in [-0.3, -0.25) is 4.79 Å². The molecule has 0 saturated carbocycles. The van der Waals surface area contributed by atoms with Gasteiger partial charge >= 0.3 is 11.9 Å². The van der Waals surface area contributed by atoms with E-state index in [-0.39, 0.29) is 23.3 Å². The number of carbonyl (C=O) groups excluding carboxylic acids is 3. The summed E-state index contributed by atoms with van der Waals surface area (Å²) in [5.41, 5.74) is 1.96. The van der Waals surface area contributed by atoms with Crippen LogP contribution in [-0.2, 0) is 14.3 Å². The van der Waals surface area contributed by atoms with E-state index in [0.29, 0.717) is 34.0 Å². The zero-order valence-corrected chi connectivity index (χ0v) is 19.2. The number of cyclic esters (lactones) is 1. The van der Waals surface area contributed by atoms with Crippen molar-refractivity contribution in [2.45, 2.75) is 13.8 Å². The average Bonchev–Trinajstić information content (AvgIpc) is 3.46. The average molecular weight is 477 g/mol. The third-order valence-electron chi connectivity index (χ3n) is 4.57. The zero-order valence-electron chi connectivity index (χ0n) is 18.4. The van der Waals surface area contributed by atoms with Gasteiger partial charge in [-0.15, -0.1) is 11.3 Å². The summed E-state index contributed by atoms with van der Waals surface area (Å²) in [6, 6.07) is 15.2. The fourth-order valence-electron chi connectivity index (χ4n) is 3.10. The highest BCUT2D eigenvalue weighted by Crippen LogP contribution is 2.31. The van der Waals surface area contributed by atoms with Gasteiger partial charge in [0.2, 0.25) is 11.8 Å². The van der Waals surface area contributed by atoms with Gasteiger partial charge in [0.15, 0.2) is 17.2 Å². The van der Waals surface area contributed by atoms with E-state index >= 15 is 0 Å². The molecule has 172 valence electrons. The lowest BCUT2D eigenvalue weighted by atomic mass is 10.1. The Kier molecular flexibility index (Phi) is 6.84. The molecule has 1 amide bonds. The van der Waals surface area contributed by atoms with Crippen molar-refractivity contribution in [1.29, 1.82) is 0 Å². The Morgan fingerprint density at radius 2 is 1.91 bits per heavy atom. The molecule has 1 aromatic heterocycles. The first kappa shape index (κ1) is 22.9. The quantitative estimate of drug-likeness (QED) is 0.302. The number of hydrogen-bond donors (Lipinski definition) is 1. The molecular formula is C25H20N2O6S. The van der Waals surface area contributed by atoms with Crippen molar-refractivity contribution in [3.05, 3.63) is 81.7 Å². The predicted octanol–water partition coefficient (Wildman–Crippen LogP) is 4.67. The van der Waals surface area contributed by atoms with E-state index in [0.717, 1.165) is 0 Å². The van der Waals surface area contributed by atoms with Gasteiger partial charge in [0, 0.05) is 18.2 Å². The molecule has 0 bridgehead atoms. The molecule has 0 unspecified atom stereocenters. The fourth-order valence-corrected chi connectivity index (χ4v) is 3.70. The van der Waals surface area contributed by atoms with Gasteiger partial charge in [0.05, 0.1) is 6.61 Å². The van der Waals surface area contributed by atoms with E-state index in [9.17, 15) is 14.4 Å². The number of thiophene rings is 1. The van der Waals surface area contributed by atoms with E-state index in [1.165, 1.54) is 18.3 Å². The Hall–Kier alpha value is -4.24. The Morgan fingerprint density at radius 3 is 2.59 bits per heavy atom. The molecule has 0 saturated heterocycles. The molecule has 0 atom stereocenters. The number of nitrogens with one attached hydrogen (secondary N) is 1. The lowest BCUT2D eigenvalue weighted by Gasteiger charge is -2.11. The second kappa shape index (κ2) is 10.1. The maximum Gasteiger partial charge on any atom is 0.363 e. The lowest BCUT2D eigenvalue weighted by Crippen LogP contribution is -2.08. The molecule has 0 spiro atoms. The maximum absolute atomic E-state index is 12.4. The van der Waals surface area contributed by atoms with Crippen LogP contribution in [0.25, 0.3) is 6.08 Å². The summed E-state index contributed by atoms with van der Waals surface area (Å²) in [6.45, 7) is 3.60. The van der Waals surface area contributed by atoms with E-state index in [1.807, 2.05) is 6.92 Å². The maximum atomic E-state index is 12.4. The molecule has 0 radical (unpaired) electrons. The molecule has 2 aromatic carbocycles. The highest BCUT2D eigenvalue weighted by molar-refractivity contribution is 7.12. The number of nitrogens with zero attached hydrogens (tertiary/aromatic N) is 1. The van der Waals surface area contributed by atoms with E-state index in [1.54, 1.807) is 66.1 Å². The topological polar surface area (TPSA) is 103 Å². The third kappa shape index (κ3) is 5.38. The van der Waals surface area contributed by atoms with Crippen LogP contribution in [-0.4, -0.2) is 30.4 Å². The Morgan fingerprint density at radius 1 is 1.12 bits per heavy atom. The summed E-state index contributed by atoms with van der Waals surface area (Å²) in [4.78, 5) is 40.6. The summed E-state index contributed by atoms with van der Waals surface area (Å²) in [7, 11) is 0. The van der Waals surface area contributed by atoms with Crippen LogP contribution in [0.1, 0.15) is 34.6 Å². The lowest BCUT2D eigenvalue weighted by molar-refractivity contribution is -0.129. The van der Waals surface area contributed by atoms with Crippen LogP contribution in [0.15, 0.2) is 70.7 Å². The standard InChI is InChI=1S/C25H20N2O6S/c1-3-31-21-14-16(6-11-20(21)32-25(30)22-5-4-12-34-22)13-19-24(29)33-23(27-19)17-7-9-18(10-8-17)26-15(2)28/h4-14H,3H2,1-2H3,(H,26,28)/b19-13-.